The van der Waals surface area contributed by atoms with Gasteiger partial charge in [-0.3, -0.25) is 9.89 Å². The number of hydrogen-bond acceptors (Lipinski definition) is 3. The van der Waals surface area contributed by atoms with Crippen LogP contribution in [-0.4, -0.2) is 30.8 Å². The molecule has 4 aromatic rings. The Morgan fingerprint density at radius 2 is 2.06 bits per heavy atom. The quantitative estimate of drug-likeness (QED) is 0.455. The number of aliphatic carboxylic acids is 1. The zero-order valence-electron chi connectivity index (χ0n) is 17.8. The van der Waals surface area contributed by atoms with Gasteiger partial charge in [0.1, 0.15) is 5.82 Å². The Labute approximate surface area is 179 Å². The number of aromatic nitrogens is 4. The number of carboxylic acids is 1. The minimum absolute atomic E-state index is 0.0931. The Morgan fingerprint density at radius 1 is 1.32 bits per heavy atom. The average Bonchev–Trinajstić information content (AvgIpc) is 3.42. The van der Waals surface area contributed by atoms with Gasteiger partial charge in [0.25, 0.3) is 0 Å². The Balaban J connectivity index is 1.82. The van der Waals surface area contributed by atoms with E-state index in [1.165, 1.54) is 12.1 Å². The molecular formula is C24H25FN4O2. The number of nitrogens with one attached hydrogen (secondary N) is 1. The molecule has 0 aliphatic heterocycles. The van der Waals surface area contributed by atoms with Gasteiger partial charge in [-0.25, -0.2) is 9.37 Å². The number of benzene rings is 1. The van der Waals surface area contributed by atoms with Crippen LogP contribution in [0, 0.1) is 11.2 Å². The predicted octanol–water partition coefficient (Wildman–Crippen LogP) is 5.52. The normalized spacial score (nSPS) is 21.5. The lowest BCUT2D eigenvalue weighted by Gasteiger charge is -2.20. The molecule has 1 fully saturated rings. The van der Waals surface area contributed by atoms with Gasteiger partial charge >= 0.3 is 5.97 Å². The van der Waals surface area contributed by atoms with Crippen molar-refractivity contribution in [1.29, 1.82) is 0 Å². The molecule has 2 atom stereocenters. The fourth-order valence-electron chi connectivity index (χ4n) is 5.13. The molecule has 0 spiro atoms. The molecular weight excluding hydrogens is 395 g/mol. The van der Waals surface area contributed by atoms with E-state index in [1.54, 1.807) is 18.3 Å². The smallest absolute Gasteiger partial charge is 0.309 e. The second-order valence-corrected chi connectivity index (χ2v) is 9.23. The number of carboxylic acid groups (broad SMARTS) is 1. The third kappa shape index (κ3) is 3.02. The topological polar surface area (TPSA) is 83.8 Å². The Hall–Kier alpha value is -3.22. The van der Waals surface area contributed by atoms with Crippen LogP contribution in [0.4, 0.5) is 4.39 Å². The number of pyridine rings is 1. The molecule has 160 valence electrons. The Morgan fingerprint density at radius 3 is 2.71 bits per heavy atom. The molecule has 0 saturated heterocycles. The molecule has 31 heavy (non-hydrogen) atoms. The van der Waals surface area contributed by atoms with Gasteiger partial charge in [-0.2, -0.15) is 5.10 Å². The number of nitrogens with zero attached hydrogens (tertiary/aromatic N) is 3. The predicted molar refractivity (Wildman–Crippen MR) is 117 cm³/mol. The van der Waals surface area contributed by atoms with Gasteiger partial charge in [0.15, 0.2) is 5.65 Å². The maximum Gasteiger partial charge on any atom is 0.309 e. The van der Waals surface area contributed by atoms with E-state index in [4.69, 9.17) is 4.98 Å². The summed E-state index contributed by atoms with van der Waals surface area (Å²) in [6, 6.07) is 8.54. The van der Waals surface area contributed by atoms with Gasteiger partial charge in [-0.05, 0) is 68.4 Å². The van der Waals surface area contributed by atoms with E-state index in [0.717, 1.165) is 39.8 Å². The molecule has 3 aromatic heterocycles. The highest BCUT2D eigenvalue weighted by Gasteiger charge is 2.44. The van der Waals surface area contributed by atoms with Gasteiger partial charge in [-0.15, -0.1) is 0 Å². The molecule has 5 rings (SSSR count). The van der Waals surface area contributed by atoms with Crippen molar-refractivity contribution in [2.24, 2.45) is 5.41 Å². The molecule has 7 heteroatoms. The number of carbonyl (C=O) groups is 1. The fraction of sp³-hybridized carbons (Fsp3) is 0.375. The van der Waals surface area contributed by atoms with Crippen molar-refractivity contribution < 1.29 is 14.3 Å². The first-order valence-corrected chi connectivity index (χ1v) is 10.7. The van der Waals surface area contributed by atoms with Gasteiger partial charge in [0, 0.05) is 22.3 Å². The molecule has 2 N–H and O–H groups in total. The first-order valence-electron chi connectivity index (χ1n) is 10.7. The average molecular weight is 420 g/mol. The van der Waals surface area contributed by atoms with E-state index in [-0.39, 0.29) is 17.7 Å². The van der Waals surface area contributed by atoms with Crippen LogP contribution in [0.1, 0.15) is 63.1 Å². The molecule has 0 radical (unpaired) electrons. The minimum Gasteiger partial charge on any atom is -0.481 e. The second-order valence-electron chi connectivity index (χ2n) is 9.23. The summed E-state index contributed by atoms with van der Waals surface area (Å²) in [6.45, 7) is 6.11. The fourth-order valence-corrected chi connectivity index (χ4v) is 5.13. The number of fused-ring (bicyclic) bond motifs is 2. The first kappa shape index (κ1) is 19.7. The van der Waals surface area contributed by atoms with Crippen LogP contribution in [0.15, 0.2) is 36.5 Å². The van der Waals surface area contributed by atoms with Crippen LogP contribution in [0.5, 0.6) is 0 Å². The van der Waals surface area contributed by atoms with E-state index in [1.807, 2.05) is 6.92 Å². The number of halogens is 1. The van der Waals surface area contributed by atoms with Crippen LogP contribution in [0.3, 0.4) is 0 Å². The lowest BCUT2D eigenvalue weighted by molar-refractivity contribution is -0.147. The molecule has 0 bridgehead atoms. The van der Waals surface area contributed by atoms with E-state index >= 15 is 0 Å². The van der Waals surface area contributed by atoms with Crippen molar-refractivity contribution in [2.45, 2.75) is 51.9 Å². The maximum absolute atomic E-state index is 13.7. The van der Waals surface area contributed by atoms with Gasteiger partial charge < -0.3 is 9.67 Å². The van der Waals surface area contributed by atoms with Crippen molar-refractivity contribution in [3.8, 4) is 5.69 Å². The standard InChI is InChI=1S/C24H25FN4O2/c1-13(2)21-19(14-8-9-24(3,11-14)23(30)31)20-18(10-15-12-26-28-22(15)27-20)29(21)17-6-4-16(25)5-7-17/h4-7,10,12-14H,8-9,11H2,1-3H3,(H,30,31)(H,26,27,28)/t14-,24-/m1/s1. The van der Waals surface area contributed by atoms with Crippen LogP contribution < -0.4 is 0 Å². The van der Waals surface area contributed by atoms with E-state index < -0.39 is 11.4 Å². The highest BCUT2D eigenvalue weighted by molar-refractivity contribution is 5.94. The van der Waals surface area contributed by atoms with Crippen molar-refractivity contribution in [2.75, 3.05) is 0 Å². The zero-order chi connectivity index (χ0) is 21.9. The second kappa shape index (κ2) is 6.90. The third-order valence-electron chi connectivity index (χ3n) is 6.72. The monoisotopic (exact) mass is 420 g/mol. The molecule has 1 aliphatic carbocycles. The van der Waals surface area contributed by atoms with E-state index in [9.17, 15) is 14.3 Å². The Bertz CT molecular complexity index is 1300. The first-order chi connectivity index (χ1) is 14.8. The zero-order valence-corrected chi connectivity index (χ0v) is 17.8. The number of hydrogen-bond donors (Lipinski definition) is 2. The number of H-pyrrole nitrogens is 1. The van der Waals surface area contributed by atoms with Crippen LogP contribution in [-0.2, 0) is 4.79 Å². The molecule has 1 aliphatic rings. The summed E-state index contributed by atoms with van der Waals surface area (Å²) >= 11 is 0. The van der Waals surface area contributed by atoms with Gasteiger partial charge in [0.2, 0.25) is 0 Å². The summed E-state index contributed by atoms with van der Waals surface area (Å²) in [6.07, 6.45) is 3.76. The summed E-state index contributed by atoms with van der Waals surface area (Å²) in [5.41, 5.74) is 4.85. The lowest BCUT2D eigenvalue weighted by Crippen LogP contribution is -2.23. The lowest BCUT2D eigenvalue weighted by atomic mass is 9.85. The minimum atomic E-state index is -0.743. The van der Waals surface area contributed by atoms with Crippen LogP contribution in [0.25, 0.3) is 27.8 Å². The summed E-state index contributed by atoms with van der Waals surface area (Å²) in [5, 5.41) is 17.8. The highest BCUT2D eigenvalue weighted by Crippen LogP contribution is 2.50. The van der Waals surface area contributed by atoms with Crippen molar-refractivity contribution in [1.82, 2.24) is 19.7 Å². The summed E-state index contributed by atoms with van der Waals surface area (Å²) < 4.78 is 15.8. The van der Waals surface area contributed by atoms with Gasteiger partial charge in [-0.1, -0.05) is 13.8 Å². The number of rotatable bonds is 4. The van der Waals surface area contributed by atoms with Crippen molar-refractivity contribution in [3.05, 3.63) is 53.6 Å². The number of aromatic amines is 1. The summed E-state index contributed by atoms with van der Waals surface area (Å²) in [5.74, 6) is -0.764. The van der Waals surface area contributed by atoms with Crippen molar-refractivity contribution in [3.63, 3.8) is 0 Å². The van der Waals surface area contributed by atoms with Crippen LogP contribution in [0.2, 0.25) is 0 Å². The SMILES string of the molecule is CC(C)c1c([C@@H]2CC[C@@](C)(C(=O)O)C2)c2nc3[nH]ncc3cc2n1-c1ccc(F)cc1. The largest absolute Gasteiger partial charge is 0.481 e. The summed E-state index contributed by atoms with van der Waals surface area (Å²) in [7, 11) is 0. The summed E-state index contributed by atoms with van der Waals surface area (Å²) in [4.78, 5) is 16.8. The molecule has 3 heterocycles. The van der Waals surface area contributed by atoms with Crippen LogP contribution >= 0.6 is 0 Å². The highest BCUT2D eigenvalue weighted by atomic mass is 19.1. The molecule has 1 saturated carbocycles. The molecule has 6 nitrogen and oxygen atoms in total. The van der Waals surface area contributed by atoms with E-state index in [2.05, 4.69) is 34.7 Å². The molecule has 0 amide bonds. The molecule has 0 unspecified atom stereocenters. The Kier molecular flexibility index (Phi) is 4.39. The van der Waals surface area contributed by atoms with Gasteiger partial charge in [0.05, 0.1) is 22.6 Å². The third-order valence-corrected chi connectivity index (χ3v) is 6.72. The van der Waals surface area contributed by atoms with E-state index in [0.29, 0.717) is 18.5 Å². The maximum atomic E-state index is 13.7. The molecule has 1 aromatic carbocycles. The van der Waals surface area contributed by atoms with Crippen molar-refractivity contribution >= 4 is 28.0 Å².